The lowest BCUT2D eigenvalue weighted by atomic mass is 10.1. The lowest BCUT2D eigenvalue weighted by Gasteiger charge is -2.14. The number of halogens is 1. The van der Waals surface area contributed by atoms with Gasteiger partial charge in [0, 0.05) is 17.7 Å². The summed E-state index contributed by atoms with van der Waals surface area (Å²) in [6.07, 6.45) is 0. The highest BCUT2D eigenvalue weighted by Gasteiger charge is 2.18. The fourth-order valence-electron chi connectivity index (χ4n) is 2.03. The van der Waals surface area contributed by atoms with Crippen molar-refractivity contribution in [2.75, 3.05) is 13.2 Å². The first-order valence-corrected chi connectivity index (χ1v) is 7.56. The summed E-state index contributed by atoms with van der Waals surface area (Å²) in [5.41, 5.74) is 6.63. The maximum atomic E-state index is 13.5. The molecule has 0 aromatic heterocycles. The lowest BCUT2D eigenvalue weighted by Crippen LogP contribution is -2.46. The second kappa shape index (κ2) is 8.73. The minimum Gasteiger partial charge on any atom is -0.388 e. The largest absolute Gasteiger partial charge is 0.388 e. The summed E-state index contributed by atoms with van der Waals surface area (Å²) >= 11 is 0. The molecule has 1 amide bonds. The molecule has 0 fully saturated rings. The van der Waals surface area contributed by atoms with Gasteiger partial charge in [-0.15, -0.1) is 0 Å². The lowest BCUT2D eigenvalue weighted by molar-refractivity contribution is -0.123. The summed E-state index contributed by atoms with van der Waals surface area (Å²) in [6, 6.07) is 11.6. The van der Waals surface area contributed by atoms with Gasteiger partial charge in [0.2, 0.25) is 0 Å². The number of aliphatic hydroxyl groups excluding tert-OH is 1. The van der Waals surface area contributed by atoms with Crippen molar-refractivity contribution >= 4 is 11.7 Å². The second-order valence-electron chi connectivity index (χ2n) is 5.19. The van der Waals surface area contributed by atoms with Crippen molar-refractivity contribution in [1.82, 2.24) is 5.32 Å². The molecule has 2 aromatic rings. The molecule has 0 aliphatic heterocycles. The summed E-state index contributed by atoms with van der Waals surface area (Å²) in [7, 11) is 0. The van der Waals surface area contributed by atoms with E-state index in [1.807, 2.05) is 0 Å². The topological polar surface area (TPSA) is 92.4 Å². The number of carbonyl (C=O) groups is 2. The molecule has 0 saturated carbocycles. The van der Waals surface area contributed by atoms with Crippen molar-refractivity contribution in [3.05, 3.63) is 71.0 Å². The van der Waals surface area contributed by atoms with E-state index >= 15 is 0 Å². The molecule has 2 aromatic carbocycles. The first kappa shape index (κ1) is 18.3. The van der Waals surface area contributed by atoms with Gasteiger partial charge < -0.3 is 16.2 Å². The Bertz CT molecular complexity index is 823. The van der Waals surface area contributed by atoms with Crippen molar-refractivity contribution in [3.63, 3.8) is 0 Å². The third-order valence-corrected chi connectivity index (χ3v) is 3.45. The van der Waals surface area contributed by atoms with Crippen LogP contribution in [0.3, 0.4) is 0 Å². The highest BCUT2D eigenvalue weighted by atomic mass is 19.1. The Morgan fingerprint density at radius 2 is 1.80 bits per heavy atom. The standard InChI is InChI=1S/C19H17FN2O3/c20-16-4-2-1-3-14(16)8-5-13-6-9-15(10-7-13)19(25)22-17(11-21)18(24)12-23/h1-4,6-7,9-10,17,23H,11-12,21H2,(H,22,25)/t17-/m0/s1. The van der Waals surface area contributed by atoms with Crippen LogP contribution in [0.1, 0.15) is 21.5 Å². The van der Waals surface area contributed by atoms with E-state index in [2.05, 4.69) is 17.2 Å². The highest BCUT2D eigenvalue weighted by Crippen LogP contribution is 2.07. The van der Waals surface area contributed by atoms with E-state index in [0.717, 1.165) is 0 Å². The fourth-order valence-corrected chi connectivity index (χ4v) is 2.03. The van der Waals surface area contributed by atoms with Gasteiger partial charge in [-0.1, -0.05) is 24.0 Å². The first-order valence-electron chi connectivity index (χ1n) is 7.56. The number of ketones is 1. The molecule has 128 valence electrons. The van der Waals surface area contributed by atoms with Crippen LogP contribution in [0.5, 0.6) is 0 Å². The minimum absolute atomic E-state index is 0.0999. The number of hydrogen-bond donors (Lipinski definition) is 3. The third kappa shape index (κ3) is 4.98. The molecule has 0 aliphatic carbocycles. The number of nitrogens with one attached hydrogen (secondary N) is 1. The van der Waals surface area contributed by atoms with Crippen LogP contribution in [0.15, 0.2) is 48.5 Å². The van der Waals surface area contributed by atoms with Crippen molar-refractivity contribution in [3.8, 4) is 11.8 Å². The Labute approximate surface area is 144 Å². The Hall–Kier alpha value is -3.01. The predicted molar refractivity (Wildman–Crippen MR) is 91.2 cm³/mol. The van der Waals surface area contributed by atoms with Crippen LogP contribution in [0.4, 0.5) is 4.39 Å². The van der Waals surface area contributed by atoms with E-state index in [1.165, 1.54) is 18.2 Å². The van der Waals surface area contributed by atoms with E-state index in [1.54, 1.807) is 30.3 Å². The summed E-state index contributed by atoms with van der Waals surface area (Å²) < 4.78 is 13.5. The molecule has 2 rings (SSSR count). The molecule has 0 saturated heterocycles. The molecule has 25 heavy (non-hydrogen) atoms. The van der Waals surface area contributed by atoms with Crippen molar-refractivity contribution in [2.45, 2.75) is 6.04 Å². The number of hydrogen-bond acceptors (Lipinski definition) is 4. The van der Waals surface area contributed by atoms with Crippen molar-refractivity contribution in [2.24, 2.45) is 5.73 Å². The molecule has 5 nitrogen and oxygen atoms in total. The molecule has 0 bridgehead atoms. The minimum atomic E-state index is -0.932. The Morgan fingerprint density at radius 1 is 1.12 bits per heavy atom. The molecule has 0 radical (unpaired) electrons. The van der Waals surface area contributed by atoms with Crippen molar-refractivity contribution < 1.29 is 19.1 Å². The van der Waals surface area contributed by atoms with Crippen LogP contribution in [0.2, 0.25) is 0 Å². The monoisotopic (exact) mass is 340 g/mol. The Morgan fingerprint density at radius 3 is 2.40 bits per heavy atom. The molecular weight excluding hydrogens is 323 g/mol. The molecule has 0 unspecified atom stereocenters. The molecule has 0 heterocycles. The van der Waals surface area contributed by atoms with Crippen molar-refractivity contribution in [1.29, 1.82) is 0 Å². The summed E-state index contributed by atoms with van der Waals surface area (Å²) in [4.78, 5) is 23.5. The van der Waals surface area contributed by atoms with Crippen LogP contribution in [-0.2, 0) is 4.79 Å². The SMILES string of the molecule is NC[C@H](NC(=O)c1ccc(C#Cc2ccccc2F)cc1)C(=O)CO. The molecule has 1 atom stereocenters. The number of nitrogens with two attached hydrogens (primary N) is 1. The molecule has 4 N–H and O–H groups in total. The average molecular weight is 340 g/mol. The molecule has 0 aliphatic rings. The van der Waals surface area contributed by atoms with E-state index in [-0.39, 0.29) is 12.1 Å². The Balaban J connectivity index is 2.08. The van der Waals surface area contributed by atoms with Crippen LogP contribution in [0.25, 0.3) is 0 Å². The Kier molecular flexibility index (Phi) is 6.40. The third-order valence-electron chi connectivity index (χ3n) is 3.45. The van der Waals surface area contributed by atoms with E-state index in [4.69, 9.17) is 10.8 Å². The van der Waals surface area contributed by atoms with E-state index in [0.29, 0.717) is 11.1 Å². The van der Waals surface area contributed by atoms with Crippen LogP contribution in [0, 0.1) is 17.7 Å². The first-order chi connectivity index (χ1) is 12.0. The summed E-state index contributed by atoms with van der Waals surface area (Å²) in [5.74, 6) is 4.12. The van der Waals surface area contributed by atoms with E-state index < -0.39 is 30.2 Å². The van der Waals surface area contributed by atoms with Gasteiger partial charge in [0.1, 0.15) is 18.5 Å². The maximum absolute atomic E-state index is 13.5. The van der Waals surface area contributed by atoms with Gasteiger partial charge in [0.05, 0.1) is 5.56 Å². The molecule has 6 heteroatoms. The number of rotatable bonds is 5. The second-order valence-corrected chi connectivity index (χ2v) is 5.19. The highest BCUT2D eigenvalue weighted by molar-refractivity contribution is 5.98. The maximum Gasteiger partial charge on any atom is 0.251 e. The summed E-state index contributed by atoms with van der Waals surface area (Å²) in [6.45, 7) is -0.788. The number of aliphatic hydroxyl groups is 1. The van der Waals surface area contributed by atoms with Gasteiger partial charge in [-0.2, -0.15) is 0 Å². The number of amides is 1. The fraction of sp³-hybridized carbons (Fsp3) is 0.158. The number of Topliss-reactive ketones (excluding diaryl/α,β-unsaturated/α-hetero) is 1. The average Bonchev–Trinajstić information content (AvgIpc) is 2.65. The van der Waals surface area contributed by atoms with Crippen LogP contribution in [-0.4, -0.2) is 36.0 Å². The predicted octanol–water partition coefficient (Wildman–Crippen LogP) is 0.844. The molecular formula is C19H17FN2O3. The normalized spacial score (nSPS) is 11.2. The van der Waals surface area contributed by atoms with Gasteiger partial charge in [0.15, 0.2) is 5.78 Å². The van der Waals surface area contributed by atoms with Crippen LogP contribution >= 0.6 is 0 Å². The van der Waals surface area contributed by atoms with Gasteiger partial charge >= 0.3 is 0 Å². The number of benzene rings is 2. The van der Waals surface area contributed by atoms with E-state index in [9.17, 15) is 14.0 Å². The van der Waals surface area contributed by atoms with Gasteiger partial charge in [-0.05, 0) is 36.4 Å². The quantitative estimate of drug-likeness (QED) is 0.704. The van der Waals surface area contributed by atoms with Gasteiger partial charge in [-0.3, -0.25) is 9.59 Å². The zero-order valence-electron chi connectivity index (χ0n) is 13.3. The van der Waals surface area contributed by atoms with Crippen LogP contribution < -0.4 is 11.1 Å². The van der Waals surface area contributed by atoms with Gasteiger partial charge in [0.25, 0.3) is 5.91 Å². The summed E-state index contributed by atoms with van der Waals surface area (Å²) in [5, 5.41) is 11.3. The zero-order chi connectivity index (χ0) is 18.2. The van der Waals surface area contributed by atoms with Gasteiger partial charge in [-0.25, -0.2) is 4.39 Å². The number of carbonyl (C=O) groups excluding carboxylic acids is 2. The smallest absolute Gasteiger partial charge is 0.251 e. The molecule has 0 spiro atoms. The zero-order valence-corrected chi connectivity index (χ0v) is 13.3.